The lowest BCUT2D eigenvalue weighted by Gasteiger charge is -2.51. The first kappa shape index (κ1) is 23.1. The van der Waals surface area contributed by atoms with E-state index in [9.17, 15) is 5.11 Å². The summed E-state index contributed by atoms with van der Waals surface area (Å²) in [5, 5.41) is 27.5. The summed E-state index contributed by atoms with van der Waals surface area (Å²) in [5.74, 6) is 2.17. The van der Waals surface area contributed by atoms with E-state index < -0.39 is 6.23 Å². The number of rotatable bonds is 7. The van der Waals surface area contributed by atoms with Gasteiger partial charge < -0.3 is 20.5 Å². The maximum atomic E-state index is 11.2. The zero-order valence-corrected chi connectivity index (χ0v) is 20.9. The fourth-order valence-corrected chi connectivity index (χ4v) is 6.71. The molecule has 3 saturated heterocycles. The van der Waals surface area contributed by atoms with E-state index >= 15 is 0 Å². The minimum absolute atomic E-state index is 0.286. The van der Waals surface area contributed by atoms with Crippen molar-refractivity contribution >= 4 is 39.1 Å². The lowest BCUT2D eigenvalue weighted by molar-refractivity contribution is -0.112. The van der Waals surface area contributed by atoms with Crippen molar-refractivity contribution in [3.05, 3.63) is 23.2 Å². The summed E-state index contributed by atoms with van der Waals surface area (Å²) in [6, 6.07) is 5.05. The number of fused-ring (bicyclic) bond motifs is 3. The number of aromatic amines is 1. The Bertz CT molecular complexity index is 1130. The molecule has 0 amide bonds. The lowest BCUT2D eigenvalue weighted by Crippen LogP contribution is -2.61. The first-order valence-corrected chi connectivity index (χ1v) is 13.6. The van der Waals surface area contributed by atoms with Crippen LogP contribution in [0.15, 0.2) is 17.5 Å². The van der Waals surface area contributed by atoms with E-state index in [0.717, 1.165) is 79.5 Å². The molecule has 2 bridgehead atoms. The van der Waals surface area contributed by atoms with Gasteiger partial charge >= 0.3 is 0 Å². The van der Waals surface area contributed by atoms with Crippen LogP contribution in [0.3, 0.4) is 0 Å². The first-order chi connectivity index (χ1) is 17.1. The van der Waals surface area contributed by atoms with Crippen LogP contribution in [0.1, 0.15) is 37.8 Å². The number of aromatic nitrogens is 4. The SMILES string of the molecule is Cc1cc(Nc2nc(NC3C[C@H]4CCC[C@@H](C3)N4C(O)CN3CCOCC3)nc3ccsc23)n[nH]1. The molecule has 3 aromatic rings. The Labute approximate surface area is 209 Å². The summed E-state index contributed by atoms with van der Waals surface area (Å²) >= 11 is 1.63. The fraction of sp³-hybridized carbons (Fsp3) is 0.625. The number of aliphatic hydroxyl groups is 1. The Morgan fingerprint density at radius 3 is 2.77 bits per heavy atom. The molecule has 3 aliphatic rings. The number of nitrogens with zero attached hydrogens (tertiary/aromatic N) is 5. The molecule has 188 valence electrons. The Kier molecular flexibility index (Phi) is 6.59. The minimum atomic E-state index is -0.420. The molecule has 2 unspecified atom stereocenters. The van der Waals surface area contributed by atoms with Gasteiger partial charge in [0, 0.05) is 49.5 Å². The van der Waals surface area contributed by atoms with Crippen LogP contribution in [-0.2, 0) is 4.74 Å². The van der Waals surface area contributed by atoms with Gasteiger partial charge in [0.25, 0.3) is 0 Å². The third-order valence-electron chi connectivity index (χ3n) is 7.49. The molecule has 35 heavy (non-hydrogen) atoms. The monoisotopic (exact) mass is 498 g/mol. The number of H-pyrrole nitrogens is 1. The summed E-state index contributed by atoms with van der Waals surface area (Å²) in [4.78, 5) is 14.4. The predicted molar refractivity (Wildman–Crippen MR) is 137 cm³/mol. The van der Waals surface area contributed by atoms with E-state index in [0.29, 0.717) is 24.6 Å². The zero-order valence-electron chi connectivity index (χ0n) is 20.1. The molecule has 6 heterocycles. The second kappa shape index (κ2) is 9.98. The molecule has 3 fully saturated rings. The number of hydrogen-bond acceptors (Lipinski definition) is 10. The Morgan fingerprint density at radius 1 is 1.23 bits per heavy atom. The highest BCUT2D eigenvalue weighted by Gasteiger charge is 2.41. The quantitative estimate of drug-likeness (QED) is 0.390. The number of aryl methyl sites for hydroxylation is 1. The van der Waals surface area contributed by atoms with Crippen molar-refractivity contribution in [1.29, 1.82) is 0 Å². The molecule has 3 aliphatic heterocycles. The smallest absolute Gasteiger partial charge is 0.225 e. The Morgan fingerprint density at radius 2 is 2.03 bits per heavy atom. The van der Waals surface area contributed by atoms with E-state index in [1.165, 1.54) is 6.42 Å². The molecule has 4 atom stereocenters. The normalized spacial score (nSPS) is 26.6. The average molecular weight is 499 g/mol. The summed E-state index contributed by atoms with van der Waals surface area (Å²) in [6.45, 7) is 6.01. The summed E-state index contributed by atoms with van der Waals surface area (Å²) in [7, 11) is 0. The van der Waals surface area contributed by atoms with Crippen molar-refractivity contribution in [2.45, 2.75) is 63.4 Å². The van der Waals surface area contributed by atoms with Crippen LogP contribution in [0.2, 0.25) is 0 Å². The van der Waals surface area contributed by atoms with Crippen LogP contribution in [0.4, 0.5) is 17.6 Å². The van der Waals surface area contributed by atoms with Gasteiger partial charge in [-0.15, -0.1) is 11.3 Å². The van der Waals surface area contributed by atoms with Gasteiger partial charge in [0.15, 0.2) is 11.6 Å². The largest absolute Gasteiger partial charge is 0.379 e. The van der Waals surface area contributed by atoms with E-state index in [4.69, 9.17) is 14.7 Å². The maximum absolute atomic E-state index is 11.2. The van der Waals surface area contributed by atoms with Gasteiger partial charge in [0.2, 0.25) is 5.95 Å². The van der Waals surface area contributed by atoms with Gasteiger partial charge in [-0.1, -0.05) is 6.42 Å². The number of morpholine rings is 1. The molecule has 3 aromatic heterocycles. The number of hydrogen-bond donors (Lipinski definition) is 4. The van der Waals surface area contributed by atoms with Gasteiger partial charge in [0.1, 0.15) is 6.23 Å². The molecule has 0 spiro atoms. The van der Waals surface area contributed by atoms with Gasteiger partial charge in [-0.25, -0.2) is 4.98 Å². The molecule has 0 saturated carbocycles. The van der Waals surface area contributed by atoms with Crippen LogP contribution in [0.5, 0.6) is 0 Å². The van der Waals surface area contributed by atoms with Crippen molar-refractivity contribution < 1.29 is 9.84 Å². The highest BCUT2D eigenvalue weighted by molar-refractivity contribution is 7.17. The molecule has 10 nitrogen and oxygen atoms in total. The second-order valence-electron chi connectivity index (χ2n) is 9.98. The summed E-state index contributed by atoms with van der Waals surface area (Å²) < 4.78 is 6.49. The van der Waals surface area contributed by atoms with Gasteiger partial charge in [-0.05, 0) is 44.1 Å². The van der Waals surface area contributed by atoms with Crippen molar-refractivity contribution in [1.82, 2.24) is 30.0 Å². The molecule has 0 aliphatic carbocycles. The molecule has 11 heteroatoms. The maximum Gasteiger partial charge on any atom is 0.225 e. The number of nitrogens with one attached hydrogen (secondary N) is 3. The summed E-state index contributed by atoms with van der Waals surface area (Å²) in [6.07, 6.45) is 5.05. The molecule has 0 radical (unpaired) electrons. The number of β-amino-alcohol motifs (C(OH)–C–C–N with tert-alkyl or cyclic N) is 1. The highest BCUT2D eigenvalue weighted by Crippen LogP contribution is 2.37. The second-order valence-corrected chi connectivity index (χ2v) is 10.9. The topological polar surface area (TPSA) is 114 Å². The first-order valence-electron chi connectivity index (χ1n) is 12.7. The fourth-order valence-electron chi connectivity index (χ4n) is 5.93. The third kappa shape index (κ3) is 5.01. The molecule has 4 N–H and O–H groups in total. The number of aliphatic hydroxyl groups excluding tert-OH is 1. The van der Waals surface area contributed by atoms with Crippen molar-refractivity contribution in [3.8, 4) is 0 Å². The number of piperidine rings is 2. The number of anilines is 3. The van der Waals surface area contributed by atoms with Crippen LogP contribution in [0.25, 0.3) is 10.2 Å². The molecular formula is C24H34N8O2S. The van der Waals surface area contributed by atoms with Crippen LogP contribution in [-0.4, -0.2) is 92.3 Å². The van der Waals surface area contributed by atoms with Crippen LogP contribution < -0.4 is 10.6 Å². The molecule has 0 aromatic carbocycles. The van der Waals surface area contributed by atoms with Crippen molar-refractivity contribution in [2.75, 3.05) is 43.5 Å². The third-order valence-corrected chi connectivity index (χ3v) is 8.40. The molecule has 6 rings (SSSR count). The van der Waals surface area contributed by atoms with Gasteiger partial charge in [-0.2, -0.15) is 10.1 Å². The van der Waals surface area contributed by atoms with E-state index in [2.05, 4.69) is 30.6 Å². The lowest BCUT2D eigenvalue weighted by atomic mass is 9.81. The predicted octanol–water partition coefficient (Wildman–Crippen LogP) is 2.91. The van der Waals surface area contributed by atoms with Gasteiger partial charge in [-0.3, -0.25) is 14.9 Å². The summed E-state index contributed by atoms with van der Waals surface area (Å²) in [5.41, 5.74) is 1.93. The standard InChI is InChI=1S/C24H34N8O2S/c1-15-11-20(30-29-15)27-23-22-19(5-10-35-22)26-24(28-23)25-16-12-17-3-2-4-18(13-16)32(17)21(33)14-31-6-8-34-9-7-31/h5,10-11,16-18,21,33H,2-4,6-9,12-14H2,1H3,(H3,25,26,27,28,29,30)/t16?,17-,18+,21?. The van der Waals surface area contributed by atoms with Crippen LogP contribution in [0, 0.1) is 6.92 Å². The minimum Gasteiger partial charge on any atom is -0.379 e. The van der Waals surface area contributed by atoms with Crippen molar-refractivity contribution in [2.24, 2.45) is 0 Å². The highest BCUT2D eigenvalue weighted by atomic mass is 32.1. The van der Waals surface area contributed by atoms with Crippen molar-refractivity contribution in [3.63, 3.8) is 0 Å². The van der Waals surface area contributed by atoms with E-state index in [-0.39, 0.29) is 6.04 Å². The Hall–Kier alpha value is -2.31. The van der Waals surface area contributed by atoms with Crippen LogP contribution >= 0.6 is 11.3 Å². The van der Waals surface area contributed by atoms with E-state index in [1.54, 1.807) is 11.3 Å². The van der Waals surface area contributed by atoms with E-state index in [1.807, 2.05) is 24.4 Å². The Balaban J connectivity index is 1.16. The number of thiophene rings is 1. The average Bonchev–Trinajstić information content (AvgIpc) is 3.48. The molecular weight excluding hydrogens is 464 g/mol. The number of ether oxygens (including phenoxy) is 1. The van der Waals surface area contributed by atoms with Gasteiger partial charge in [0.05, 0.1) is 23.4 Å². The zero-order chi connectivity index (χ0) is 23.8.